The number of rotatable bonds is 2. The van der Waals surface area contributed by atoms with Crippen LogP contribution in [0.4, 0.5) is 0 Å². The second-order valence-corrected chi connectivity index (χ2v) is 6.35. The highest BCUT2D eigenvalue weighted by Crippen LogP contribution is 2.27. The SMILES string of the molecule is NC1(Cc2ccc(Br)cc2)CCCCCCC1. The van der Waals surface area contributed by atoms with Gasteiger partial charge in [-0.3, -0.25) is 0 Å². The topological polar surface area (TPSA) is 26.0 Å². The molecule has 0 spiro atoms. The summed E-state index contributed by atoms with van der Waals surface area (Å²) in [6.07, 6.45) is 10.1. The predicted molar refractivity (Wildman–Crippen MR) is 77.1 cm³/mol. The number of nitrogens with two attached hydrogens (primary N) is 1. The fourth-order valence-corrected chi connectivity index (χ4v) is 3.06. The van der Waals surface area contributed by atoms with E-state index >= 15 is 0 Å². The third-order valence-corrected chi connectivity index (χ3v) is 4.35. The van der Waals surface area contributed by atoms with Crippen LogP contribution in [0.5, 0.6) is 0 Å². The van der Waals surface area contributed by atoms with Gasteiger partial charge in [-0.15, -0.1) is 0 Å². The molecule has 0 unspecified atom stereocenters. The molecule has 0 heterocycles. The summed E-state index contributed by atoms with van der Waals surface area (Å²) < 4.78 is 1.14. The van der Waals surface area contributed by atoms with E-state index in [0.29, 0.717) is 0 Å². The van der Waals surface area contributed by atoms with Gasteiger partial charge in [-0.25, -0.2) is 0 Å². The Hall–Kier alpha value is -0.340. The summed E-state index contributed by atoms with van der Waals surface area (Å²) in [6.45, 7) is 0. The molecule has 1 aliphatic rings. The maximum absolute atomic E-state index is 6.59. The quantitative estimate of drug-likeness (QED) is 0.858. The van der Waals surface area contributed by atoms with Crippen molar-refractivity contribution in [1.29, 1.82) is 0 Å². The molecule has 0 amide bonds. The summed E-state index contributed by atoms with van der Waals surface area (Å²) in [5, 5.41) is 0. The average Bonchev–Trinajstić information content (AvgIpc) is 2.28. The van der Waals surface area contributed by atoms with Crippen molar-refractivity contribution in [3.05, 3.63) is 34.3 Å². The molecule has 2 heteroatoms. The Bertz CT molecular complexity index is 336. The molecule has 0 atom stereocenters. The molecule has 0 radical (unpaired) electrons. The Morgan fingerprint density at radius 2 is 1.47 bits per heavy atom. The molecule has 94 valence electrons. The van der Waals surface area contributed by atoms with Crippen molar-refractivity contribution in [2.75, 3.05) is 0 Å². The zero-order chi connectivity index (χ0) is 12.1. The monoisotopic (exact) mass is 295 g/mol. The first-order valence-electron chi connectivity index (χ1n) is 6.71. The lowest BCUT2D eigenvalue weighted by molar-refractivity contribution is 0.314. The van der Waals surface area contributed by atoms with Crippen molar-refractivity contribution in [1.82, 2.24) is 0 Å². The molecule has 0 aliphatic heterocycles. The van der Waals surface area contributed by atoms with Crippen molar-refractivity contribution in [2.45, 2.75) is 56.9 Å². The van der Waals surface area contributed by atoms with E-state index in [1.165, 1.54) is 50.5 Å². The lowest BCUT2D eigenvalue weighted by atomic mass is 9.80. The van der Waals surface area contributed by atoms with Crippen molar-refractivity contribution in [3.63, 3.8) is 0 Å². The van der Waals surface area contributed by atoms with Gasteiger partial charge in [0.2, 0.25) is 0 Å². The number of hydrogen-bond donors (Lipinski definition) is 1. The summed E-state index contributed by atoms with van der Waals surface area (Å²) in [4.78, 5) is 0. The van der Waals surface area contributed by atoms with Gasteiger partial charge < -0.3 is 5.73 Å². The summed E-state index contributed by atoms with van der Waals surface area (Å²) in [6, 6.07) is 8.61. The van der Waals surface area contributed by atoms with Gasteiger partial charge in [-0.2, -0.15) is 0 Å². The fourth-order valence-electron chi connectivity index (χ4n) is 2.80. The highest BCUT2D eigenvalue weighted by atomic mass is 79.9. The molecule has 0 aromatic heterocycles. The third kappa shape index (κ3) is 4.11. The van der Waals surface area contributed by atoms with Gasteiger partial charge in [0.05, 0.1) is 0 Å². The lowest BCUT2D eigenvalue weighted by Gasteiger charge is -2.31. The molecular formula is C15H22BrN. The van der Waals surface area contributed by atoms with Crippen molar-refractivity contribution in [3.8, 4) is 0 Å². The predicted octanol–water partition coefficient (Wildman–Crippen LogP) is 4.43. The van der Waals surface area contributed by atoms with Crippen LogP contribution in [-0.2, 0) is 6.42 Å². The van der Waals surface area contributed by atoms with Crippen LogP contribution >= 0.6 is 15.9 Å². The normalized spacial score (nSPS) is 20.6. The highest BCUT2D eigenvalue weighted by molar-refractivity contribution is 9.10. The molecule has 2 rings (SSSR count). The molecule has 1 aromatic carbocycles. The maximum atomic E-state index is 6.59. The second-order valence-electron chi connectivity index (χ2n) is 5.43. The van der Waals surface area contributed by atoms with Gasteiger partial charge in [0.15, 0.2) is 0 Å². The Morgan fingerprint density at radius 3 is 2.06 bits per heavy atom. The Kier molecular flexibility index (Phi) is 4.63. The number of hydrogen-bond acceptors (Lipinski definition) is 1. The van der Waals surface area contributed by atoms with Crippen molar-refractivity contribution in [2.24, 2.45) is 5.73 Å². The van der Waals surface area contributed by atoms with Crippen LogP contribution in [0.2, 0.25) is 0 Å². The van der Waals surface area contributed by atoms with E-state index in [4.69, 9.17) is 5.73 Å². The first-order chi connectivity index (χ1) is 8.18. The molecule has 0 saturated heterocycles. The Morgan fingerprint density at radius 1 is 0.941 bits per heavy atom. The largest absolute Gasteiger partial charge is 0.325 e. The van der Waals surface area contributed by atoms with E-state index < -0.39 is 0 Å². The van der Waals surface area contributed by atoms with E-state index in [-0.39, 0.29) is 5.54 Å². The average molecular weight is 296 g/mol. The van der Waals surface area contributed by atoms with Gasteiger partial charge >= 0.3 is 0 Å². The molecule has 1 saturated carbocycles. The summed E-state index contributed by atoms with van der Waals surface area (Å²) in [5.41, 5.74) is 7.99. The zero-order valence-electron chi connectivity index (χ0n) is 10.4. The highest BCUT2D eigenvalue weighted by Gasteiger charge is 2.25. The van der Waals surface area contributed by atoms with E-state index in [1.807, 2.05) is 0 Å². The number of halogens is 1. The van der Waals surface area contributed by atoms with Crippen molar-refractivity contribution >= 4 is 15.9 Å². The number of benzene rings is 1. The lowest BCUT2D eigenvalue weighted by Crippen LogP contribution is -2.42. The van der Waals surface area contributed by atoms with Crippen LogP contribution in [0.15, 0.2) is 28.7 Å². The molecule has 2 N–H and O–H groups in total. The van der Waals surface area contributed by atoms with Crippen LogP contribution in [-0.4, -0.2) is 5.54 Å². The van der Waals surface area contributed by atoms with Crippen LogP contribution < -0.4 is 5.73 Å². The van der Waals surface area contributed by atoms with Crippen LogP contribution in [0.25, 0.3) is 0 Å². The fraction of sp³-hybridized carbons (Fsp3) is 0.600. The van der Waals surface area contributed by atoms with E-state index in [1.54, 1.807) is 0 Å². The summed E-state index contributed by atoms with van der Waals surface area (Å²) >= 11 is 3.48. The van der Waals surface area contributed by atoms with Crippen LogP contribution in [0.1, 0.15) is 50.5 Å². The molecule has 1 aromatic rings. The minimum absolute atomic E-state index is 0.0360. The van der Waals surface area contributed by atoms with E-state index in [9.17, 15) is 0 Å². The summed E-state index contributed by atoms with van der Waals surface area (Å²) in [7, 11) is 0. The van der Waals surface area contributed by atoms with Crippen molar-refractivity contribution < 1.29 is 0 Å². The second kappa shape index (κ2) is 6.01. The van der Waals surface area contributed by atoms with Gasteiger partial charge in [-0.1, -0.05) is 60.2 Å². The summed E-state index contributed by atoms with van der Waals surface area (Å²) in [5.74, 6) is 0. The van der Waals surface area contributed by atoms with Gasteiger partial charge in [0.25, 0.3) is 0 Å². The molecule has 0 bridgehead atoms. The molecular weight excluding hydrogens is 274 g/mol. The van der Waals surface area contributed by atoms with Gasteiger partial charge in [-0.05, 0) is 37.0 Å². The molecule has 1 aliphatic carbocycles. The Labute approximate surface area is 113 Å². The minimum atomic E-state index is 0.0360. The molecule has 1 nitrogen and oxygen atoms in total. The van der Waals surface area contributed by atoms with Gasteiger partial charge in [0.1, 0.15) is 0 Å². The molecule has 17 heavy (non-hydrogen) atoms. The molecule has 1 fully saturated rings. The third-order valence-electron chi connectivity index (χ3n) is 3.82. The van der Waals surface area contributed by atoms with E-state index in [2.05, 4.69) is 40.2 Å². The van der Waals surface area contributed by atoms with Crippen LogP contribution in [0.3, 0.4) is 0 Å². The van der Waals surface area contributed by atoms with Gasteiger partial charge in [0, 0.05) is 10.0 Å². The standard InChI is InChI=1S/C15H22BrN/c16-14-8-6-13(7-9-14)12-15(17)10-4-2-1-3-5-11-15/h6-9H,1-5,10-12,17H2. The minimum Gasteiger partial charge on any atom is -0.325 e. The maximum Gasteiger partial charge on any atom is 0.0195 e. The first-order valence-corrected chi connectivity index (χ1v) is 7.51. The van der Waals surface area contributed by atoms with Crippen LogP contribution in [0, 0.1) is 0 Å². The Balaban J connectivity index is 2.01. The smallest absolute Gasteiger partial charge is 0.0195 e. The first kappa shape index (κ1) is 13.1. The zero-order valence-corrected chi connectivity index (χ0v) is 12.0. The van der Waals surface area contributed by atoms with E-state index in [0.717, 1.165) is 10.9 Å².